The minimum absolute atomic E-state index is 0.196. The molecular weight excluding hydrogens is 424 g/mol. The minimum Gasteiger partial charge on any atom is -0.493 e. The van der Waals surface area contributed by atoms with Crippen molar-refractivity contribution in [3.05, 3.63) is 52.2 Å². The van der Waals surface area contributed by atoms with E-state index in [1.807, 2.05) is 24.3 Å². The van der Waals surface area contributed by atoms with Crippen LogP contribution in [0.1, 0.15) is 55.1 Å². The Morgan fingerprint density at radius 2 is 1.81 bits per heavy atom. The molecule has 7 heteroatoms. The Bertz CT molecular complexity index is 1040. The summed E-state index contributed by atoms with van der Waals surface area (Å²) in [4.78, 5) is 27.1. The molecule has 32 heavy (non-hydrogen) atoms. The molecule has 2 fully saturated rings. The first-order valence-corrected chi connectivity index (χ1v) is 12.0. The molecule has 2 heterocycles. The fraction of sp³-hybridized carbons (Fsp3) is 0.440. The highest BCUT2D eigenvalue weighted by atomic mass is 32.2. The smallest absolute Gasteiger partial charge is 0.293 e. The molecule has 1 saturated heterocycles. The minimum atomic E-state index is -0.258. The molecule has 2 amide bonds. The van der Waals surface area contributed by atoms with Gasteiger partial charge in [0.2, 0.25) is 0 Å². The van der Waals surface area contributed by atoms with E-state index in [9.17, 15) is 9.59 Å². The fourth-order valence-corrected chi connectivity index (χ4v) is 5.52. The maximum absolute atomic E-state index is 12.9. The van der Waals surface area contributed by atoms with Crippen molar-refractivity contribution in [2.75, 3.05) is 20.3 Å². The van der Waals surface area contributed by atoms with E-state index in [4.69, 9.17) is 9.47 Å². The van der Waals surface area contributed by atoms with Crippen molar-refractivity contribution >= 4 is 29.0 Å². The number of hydrogen-bond donors (Lipinski definition) is 0. The summed E-state index contributed by atoms with van der Waals surface area (Å²) in [5, 5.41) is -0.258. The number of methoxy groups -OCH3 is 1. The summed E-state index contributed by atoms with van der Waals surface area (Å²) in [6.07, 6.45) is 8.14. The molecule has 170 valence electrons. The monoisotopic (exact) mass is 454 g/mol. The highest BCUT2D eigenvalue weighted by Crippen LogP contribution is 2.36. The average Bonchev–Trinajstić information content (AvgIpc) is 3.23. The van der Waals surface area contributed by atoms with Crippen molar-refractivity contribution in [1.29, 1.82) is 0 Å². The second-order valence-corrected chi connectivity index (χ2v) is 9.31. The number of thioether (sulfide) groups is 1. The first kappa shape index (κ1) is 22.5. The normalized spacial score (nSPS) is 18.6. The second kappa shape index (κ2) is 9.86. The number of carbonyl (C=O) groups is 2. The Balaban J connectivity index is 1.44. The number of amides is 2. The van der Waals surface area contributed by atoms with Crippen LogP contribution < -0.4 is 9.47 Å². The molecular formula is C25H30N2O4S. The van der Waals surface area contributed by atoms with Gasteiger partial charge in [-0.1, -0.05) is 31.4 Å². The van der Waals surface area contributed by atoms with Gasteiger partial charge in [0.15, 0.2) is 11.5 Å². The lowest BCUT2D eigenvalue weighted by Crippen LogP contribution is -2.32. The molecule has 0 unspecified atom stereocenters. The van der Waals surface area contributed by atoms with Crippen LogP contribution >= 0.6 is 11.8 Å². The third-order valence-corrected chi connectivity index (χ3v) is 7.17. The number of nitrogens with zero attached hydrogens (tertiary/aromatic N) is 2. The molecule has 1 aliphatic heterocycles. The molecule has 0 bridgehead atoms. The van der Waals surface area contributed by atoms with Crippen molar-refractivity contribution < 1.29 is 19.1 Å². The number of carbonyl (C=O) groups excluding carboxylic acids is 2. The van der Waals surface area contributed by atoms with Crippen LogP contribution in [-0.4, -0.2) is 40.9 Å². The number of benzene rings is 1. The van der Waals surface area contributed by atoms with E-state index in [1.165, 1.54) is 48.4 Å². The summed E-state index contributed by atoms with van der Waals surface area (Å²) in [6.45, 7) is 4.64. The van der Waals surface area contributed by atoms with Gasteiger partial charge in [0.05, 0.1) is 18.6 Å². The van der Waals surface area contributed by atoms with Gasteiger partial charge < -0.3 is 14.0 Å². The van der Waals surface area contributed by atoms with Gasteiger partial charge in [0, 0.05) is 17.4 Å². The van der Waals surface area contributed by atoms with Crippen LogP contribution in [0.5, 0.6) is 11.5 Å². The first-order chi connectivity index (χ1) is 15.5. The lowest BCUT2D eigenvalue weighted by atomic mass is 9.95. The zero-order valence-electron chi connectivity index (χ0n) is 18.9. The molecule has 0 N–H and O–H groups in total. The topological polar surface area (TPSA) is 60.8 Å². The molecule has 6 nitrogen and oxygen atoms in total. The van der Waals surface area contributed by atoms with Crippen LogP contribution in [-0.2, 0) is 4.79 Å². The molecule has 0 atom stereocenters. The quantitative estimate of drug-likeness (QED) is 0.500. The largest absolute Gasteiger partial charge is 0.493 e. The Hall–Kier alpha value is -2.67. The molecule has 1 aromatic heterocycles. The predicted molar refractivity (Wildman–Crippen MR) is 127 cm³/mol. The van der Waals surface area contributed by atoms with Gasteiger partial charge in [0.25, 0.3) is 11.1 Å². The van der Waals surface area contributed by atoms with Crippen LogP contribution in [0.4, 0.5) is 4.79 Å². The molecule has 0 radical (unpaired) electrons. The van der Waals surface area contributed by atoms with E-state index in [0.29, 0.717) is 22.4 Å². The summed E-state index contributed by atoms with van der Waals surface area (Å²) in [6, 6.07) is 9.98. The van der Waals surface area contributed by atoms with Gasteiger partial charge >= 0.3 is 0 Å². The number of para-hydroxylation sites is 2. The lowest BCUT2D eigenvalue weighted by molar-refractivity contribution is -0.123. The predicted octanol–water partition coefficient (Wildman–Crippen LogP) is 5.73. The summed E-state index contributed by atoms with van der Waals surface area (Å²) in [5.41, 5.74) is 3.40. The summed E-state index contributed by atoms with van der Waals surface area (Å²) >= 11 is 0.999. The SMILES string of the molecule is COc1ccccc1OCCN1C(=O)S/C(=C\c2cc(C)n(C3CCCCC3)c2C)C1=O. The van der Waals surface area contributed by atoms with Crippen LogP contribution in [0.2, 0.25) is 0 Å². The molecule has 4 rings (SSSR count). The molecule has 1 aromatic carbocycles. The summed E-state index contributed by atoms with van der Waals surface area (Å²) < 4.78 is 13.4. The van der Waals surface area contributed by atoms with E-state index >= 15 is 0 Å². The van der Waals surface area contributed by atoms with Gasteiger partial charge in [-0.2, -0.15) is 0 Å². The molecule has 2 aromatic rings. The number of aromatic nitrogens is 1. The van der Waals surface area contributed by atoms with Gasteiger partial charge in [-0.15, -0.1) is 0 Å². The van der Waals surface area contributed by atoms with Crippen molar-refractivity contribution in [2.45, 2.75) is 52.0 Å². The van der Waals surface area contributed by atoms with E-state index in [1.54, 1.807) is 13.2 Å². The molecule has 2 aliphatic rings. The van der Waals surface area contributed by atoms with Crippen molar-refractivity contribution in [3.63, 3.8) is 0 Å². The maximum Gasteiger partial charge on any atom is 0.293 e. The Morgan fingerprint density at radius 1 is 1.09 bits per heavy atom. The lowest BCUT2D eigenvalue weighted by Gasteiger charge is -2.26. The van der Waals surface area contributed by atoms with Gasteiger partial charge in [-0.3, -0.25) is 14.5 Å². The number of imide groups is 1. The van der Waals surface area contributed by atoms with Crippen LogP contribution in [0.3, 0.4) is 0 Å². The standard InChI is InChI=1S/C25H30N2O4S/c1-17-15-19(18(2)27(17)20-9-5-4-6-10-20)16-23-24(28)26(25(29)32-23)13-14-31-22-12-8-7-11-21(22)30-3/h7-8,11-12,15-16,20H,4-6,9-10,13-14H2,1-3H3/b23-16-. The summed E-state index contributed by atoms with van der Waals surface area (Å²) in [7, 11) is 1.58. The number of aryl methyl sites for hydroxylation is 1. The van der Waals surface area contributed by atoms with E-state index in [2.05, 4.69) is 24.5 Å². The van der Waals surface area contributed by atoms with Crippen LogP contribution in [0, 0.1) is 13.8 Å². The Labute approximate surface area is 193 Å². The Kier molecular flexibility index (Phi) is 6.94. The highest BCUT2D eigenvalue weighted by molar-refractivity contribution is 8.18. The van der Waals surface area contributed by atoms with Gasteiger partial charge in [-0.25, -0.2) is 0 Å². The van der Waals surface area contributed by atoms with E-state index < -0.39 is 0 Å². The first-order valence-electron chi connectivity index (χ1n) is 11.2. The fourth-order valence-electron chi connectivity index (χ4n) is 4.67. The molecule has 1 saturated carbocycles. The maximum atomic E-state index is 12.9. The third-order valence-electron chi connectivity index (χ3n) is 6.27. The van der Waals surface area contributed by atoms with Crippen LogP contribution in [0.25, 0.3) is 6.08 Å². The highest BCUT2D eigenvalue weighted by Gasteiger charge is 2.35. The van der Waals surface area contributed by atoms with Gasteiger partial charge in [0.1, 0.15) is 6.61 Å². The zero-order chi connectivity index (χ0) is 22.7. The van der Waals surface area contributed by atoms with Crippen LogP contribution in [0.15, 0.2) is 35.2 Å². The summed E-state index contributed by atoms with van der Waals surface area (Å²) in [5.74, 6) is 0.952. The third kappa shape index (κ3) is 4.58. The number of hydrogen-bond acceptors (Lipinski definition) is 5. The zero-order valence-corrected chi connectivity index (χ0v) is 19.7. The van der Waals surface area contributed by atoms with Crippen molar-refractivity contribution in [3.8, 4) is 11.5 Å². The van der Waals surface area contributed by atoms with Gasteiger partial charge in [-0.05, 0) is 68.3 Å². The average molecular weight is 455 g/mol. The second-order valence-electron chi connectivity index (χ2n) is 8.32. The molecule has 0 spiro atoms. The number of ether oxygens (including phenoxy) is 2. The number of rotatable bonds is 7. The molecule has 1 aliphatic carbocycles. The van der Waals surface area contributed by atoms with E-state index in [0.717, 1.165) is 17.3 Å². The Morgan fingerprint density at radius 3 is 2.53 bits per heavy atom. The van der Waals surface area contributed by atoms with E-state index in [-0.39, 0.29) is 24.3 Å². The van der Waals surface area contributed by atoms with Crippen molar-refractivity contribution in [1.82, 2.24) is 9.47 Å². The van der Waals surface area contributed by atoms with Crippen molar-refractivity contribution in [2.24, 2.45) is 0 Å².